The Morgan fingerprint density at radius 3 is 1.85 bits per heavy atom. The van der Waals surface area contributed by atoms with Crippen molar-refractivity contribution in [2.45, 2.75) is 31.5 Å². The van der Waals surface area contributed by atoms with Gasteiger partial charge in [0, 0.05) is 24.9 Å². The number of rotatable bonds is 8. The maximum Gasteiger partial charge on any atom is 0.243 e. The number of hydrogen-bond acceptors (Lipinski definition) is 4. The summed E-state index contributed by atoms with van der Waals surface area (Å²) in [6, 6.07) is 34.2. The predicted octanol–water partition coefficient (Wildman–Crippen LogP) is 5.57. The van der Waals surface area contributed by atoms with Crippen LogP contribution in [-0.4, -0.2) is 35.6 Å². The highest BCUT2D eigenvalue weighted by molar-refractivity contribution is 6.01. The number of carbonyl (C=O) groups excluding carboxylic acids is 3. The lowest BCUT2D eigenvalue weighted by Crippen LogP contribution is -2.47. The molecule has 0 aromatic heterocycles. The van der Waals surface area contributed by atoms with E-state index in [9.17, 15) is 14.4 Å². The van der Waals surface area contributed by atoms with Crippen LogP contribution in [-0.2, 0) is 16.1 Å². The highest BCUT2D eigenvalue weighted by atomic mass is 16.5. The van der Waals surface area contributed by atoms with Gasteiger partial charge >= 0.3 is 0 Å². The summed E-state index contributed by atoms with van der Waals surface area (Å²) in [6.45, 7) is 1.75. The number of amides is 2. The largest absolute Gasteiger partial charge is 0.497 e. The van der Waals surface area contributed by atoms with Gasteiger partial charge in [0.1, 0.15) is 11.8 Å². The van der Waals surface area contributed by atoms with Crippen molar-refractivity contribution in [3.05, 3.63) is 138 Å². The van der Waals surface area contributed by atoms with Crippen molar-refractivity contribution >= 4 is 17.6 Å². The van der Waals surface area contributed by atoms with Gasteiger partial charge in [0.05, 0.1) is 19.1 Å². The second kappa shape index (κ2) is 12.0. The lowest BCUT2D eigenvalue weighted by Gasteiger charge is -2.30. The molecule has 6 heteroatoms. The molecule has 1 aliphatic rings. The number of nitrogens with zero attached hydrogens (tertiary/aromatic N) is 1. The SMILES string of the molecule is COc1ccc(CNC(=O)C2C(c3ccccc3)C(C(=O)c3ccccc3)C(c3ccccc3)N2C(C)=O)cc1. The molecule has 0 spiro atoms. The fourth-order valence-electron chi connectivity index (χ4n) is 5.81. The Bertz CT molecular complexity index is 1460. The zero-order valence-corrected chi connectivity index (χ0v) is 22.6. The van der Waals surface area contributed by atoms with Crippen LogP contribution < -0.4 is 10.1 Å². The van der Waals surface area contributed by atoms with Gasteiger partial charge in [-0.15, -0.1) is 0 Å². The fraction of sp³-hybridized carbons (Fsp3) is 0.206. The van der Waals surface area contributed by atoms with Gasteiger partial charge in [-0.25, -0.2) is 0 Å². The summed E-state index contributed by atoms with van der Waals surface area (Å²) in [5.41, 5.74) is 3.11. The van der Waals surface area contributed by atoms with Crippen molar-refractivity contribution in [2.24, 2.45) is 5.92 Å². The van der Waals surface area contributed by atoms with Crippen LogP contribution in [0.1, 0.15) is 45.9 Å². The minimum absolute atomic E-state index is 0.0972. The molecule has 1 fully saturated rings. The van der Waals surface area contributed by atoms with Crippen molar-refractivity contribution < 1.29 is 19.1 Å². The van der Waals surface area contributed by atoms with Crippen molar-refractivity contribution in [1.29, 1.82) is 0 Å². The maximum atomic E-state index is 14.3. The van der Waals surface area contributed by atoms with Crippen LogP contribution in [0, 0.1) is 5.92 Å². The third kappa shape index (κ3) is 5.38. The van der Waals surface area contributed by atoms with Crippen LogP contribution in [0.4, 0.5) is 0 Å². The molecular formula is C34H32N2O4. The number of Topliss-reactive ketones (excluding diaryl/α,β-unsaturated/α-hetero) is 1. The number of ether oxygens (including phenoxy) is 1. The van der Waals surface area contributed by atoms with Gasteiger partial charge in [0.25, 0.3) is 0 Å². The third-order valence-corrected chi connectivity index (χ3v) is 7.61. The summed E-state index contributed by atoms with van der Waals surface area (Å²) in [6.07, 6.45) is 0. The second-order valence-corrected chi connectivity index (χ2v) is 9.99. The van der Waals surface area contributed by atoms with E-state index < -0.39 is 23.9 Å². The standard InChI is InChI=1S/C34H32N2O4/c1-23(37)36-31(26-14-8-4-9-15-26)30(33(38)27-16-10-5-11-17-27)29(25-12-6-3-7-13-25)32(36)34(39)35-22-24-18-20-28(40-2)21-19-24/h3-21,29-32H,22H2,1-2H3,(H,35,39). The molecule has 0 radical (unpaired) electrons. The summed E-state index contributed by atoms with van der Waals surface area (Å²) in [5.74, 6) is -1.16. The smallest absolute Gasteiger partial charge is 0.243 e. The molecule has 202 valence electrons. The van der Waals surface area contributed by atoms with Crippen LogP contribution >= 0.6 is 0 Å². The molecule has 4 aromatic carbocycles. The Balaban J connectivity index is 1.61. The van der Waals surface area contributed by atoms with E-state index >= 15 is 0 Å². The Labute approximate surface area is 234 Å². The van der Waals surface area contributed by atoms with Crippen LogP contribution in [0.15, 0.2) is 115 Å². The molecule has 1 saturated heterocycles. The predicted molar refractivity (Wildman–Crippen MR) is 154 cm³/mol. The summed E-state index contributed by atoms with van der Waals surface area (Å²) < 4.78 is 5.24. The highest BCUT2D eigenvalue weighted by Crippen LogP contribution is 2.51. The van der Waals surface area contributed by atoms with Crippen molar-refractivity contribution in [3.63, 3.8) is 0 Å². The molecule has 4 unspecified atom stereocenters. The monoisotopic (exact) mass is 532 g/mol. The van der Waals surface area contributed by atoms with Crippen LogP contribution in [0.2, 0.25) is 0 Å². The molecule has 0 aliphatic carbocycles. The Hall–Kier alpha value is -4.71. The van der Waals surface area contributed by atoms with E-state index in [0.29, 0.717) is 5.56 Å². The molecule has 4 atom stereocenters. The molecule has 5 rings (SSSR count). The first kappa shape index (κ1) is 26.9. The number of methoxy groups -OCH3 is 1. The lowest BCUT2D eigenvalue weighted by atomic mass is 9.76. The lowest BCUT2D eigenvalue weighted by molar-refractivity contribution is -0.139. The van der Waals surface area contributed by atoms with Gasteiger partial charge in [0.15, 0.2) is 5.78 Å². The van der Waals surface area contributed by atoms with Crippen LogP contribution in [0.25, 0.3) is 0 Å². The van der Waals surface area contributed by atoms with E-state index in [0.717, 1.165) is 22.4 Å². The van der Waals surface area contributed by atoms with Gasteiger partial charge in [-0.1, -0.05) is 103 Å². The molecular weight excluding hydrogens is 500 g/mol. The van der Waals surface area contributed by atoms with Gasteiger partial charge in [-0.05, 0) is 28.8 Å². The van der Waals surface area contributed by atoms with E-state index in [-0.39, 0.29) is 24.1 Å². The molecule has 0 bridgehead atoms. The van der Waals surface area contributed by atoms with Gasteiger partial charge in [-0.3, -0.25) is 14.4 Å². The van der Waals surface area contributed by atoms with Gasteiger partial charge < -0.3 is 15.0 Å². The van der Waals surface area contributed by atoms with Crippen LogP contribution in [0.5, 0.6) is 5.75 Å². The van der Waals surface area contributed by atoms with E-state index in [4.69, 9.17) is 4.74 Å². The zero-order valence-electron chi connectivity index (χ0n) is 22.6. The molecule has 4 aromatic rings. The minimum atomic E-state index is -0.888. The first-order chi connectivity index (χ1) is 19.5. The second-order valence-electron chi connectivity index (χ2n) is 9.99. The van der Waals surface area contributed by atoms with Crippen LogP contribution in [0.3, 0.4) is 0 Å². The van der Waals surface area contributed by atoms with E-state index in [1.807, 2.05) is 103 Å². The van der Waals surface area contributed by atoms with Gasteiger partial charge in [0.2, 0.25) is 11.8 Å². The average molecular weight is 533 g/mol. The molecule has 40 heavy (non-hydrogen) atoms. The number of benzene rings is 4. The summed E-state index contributed by atoms with van der Waals surface area (Å²) in [5, 5.41) is 3.05. The molecule has 1 heterocycles. The average Bonchev–Trinajstić information content (AvgIpc) is 3.38. The number of ketones is 1. The first-order valence-corrected chi connectivity index (χ1v) is 13.4. The topological polar surface area (TPSA) is 75.7 Å². The molecule has 1 N–H and O–H groups in total. The number of hydrogen-bond donors (Lipinski definition) is 1. The van der Waals surface area contributed by atoms with E-state index in [1.165, 1.54) is 6.92 Å². The van der Waals surface area contributed by atoms with Gasteiger partial charge in [-0.2, -0.15) is 0 Å². The molecule has 0 saturated carbocycles. The Morgan fingerprint density at radius 1 is 0.750 bits per heavy atom. The van der Waals surface area contributed by atoms with E-state index in [1.54, 1.807) is 24.1 Å². The minimum Gasteiger partial charge on any atom is -0.497 e. The van der Waals surface area contributed by atoms with E-state index in [2.05, 4.69) is 5.32 Å². The maximum absolute atomic E-state index is 14.3. The summed E-state index contributed by atoms with van der Waals surface area (Å²) in [4.78, 5) is 43.4. The molecule has 6 nitrogen and oxygen atoms in total. The molecule has 1 aliphatic heterocycles. The summed E-state index contributed by atoms with van der Waals surface area (Å²) >= 11 is 0. The van der Waals surface area contributed by atoms with Crippen molar-refractivity contribution in [1.82, 2.24) is 10.2 Å². The first-order valence-electron chi connectivity index (χ1n) is 13.4. The Morgan fingerprint density at radius 2 is 1.30 bits per heavy atom. The number of carbonyl (C=O) groups is 3. The third-order valence-electron chi connectivity index (χ3n) is 7.61. The highest BCUT2D eigenvalue weighted by Gasteiger charge is 2.56. The van der Waals surface area contributed by atoms with Crippen molar-refractivity contribution in [3.8, 4) is 5.75 Å². The summed E-state index contributed by atoms with van der Waals surface area (Å²) in [7, 11) is 1.60. The number of nitrogens with one attached hydrogen (secondary N) is 1. The number of likely N-dealkylation sites (tertiary alicyclic amines) is 1. The fourth-order valence-corrected chi connectivity index (χ4v) is 5.81. The zero-order chi connectivity index (χ0) is 28.1. The quantitative estimate of drug-likeness (QED) is 0.301. The van der Waals surface area contributed by atoms with Crippen molar-refractivity contribution in [2.75, 3.05) is 7.11 Å². The molecule has 2 amide bonds. The Kier molecular flexibility index (Phi) is 8.06. The normalized spacial score (nSPS) is 20.1.